The molecule has 1 aromatic carbocycles. The number of carbonyl (C=O) groups excluding carboxylic acids is 1. The second-order valence-electron chi connectivity index (χ2n) is 7.19. The van der Waals surface area contributed by atoms with Crippen molar-refractivity contribution < 1.29 is 4.79 Å². The number of piperidine rings is 1. The SMILES string of the molecule is NC(=O)C(Cc1ccncc1)(NCCC1CCNCC1)c1ccccc1Cl. The largest absolute Gasteiger partial charge is 0.368 e. The van der Waals surface area contributed by atoms with Crippen LogP contribution >= 0.6 is 11.6 Å². The number of hydrogen-bond donors (Lipinski definition) is 3. The lowest BCUT2D eigenvalue weighted by Gasteiger charge is -2.34. The molecule has 1 amide bonds. The third kappa shape index (κ3) is 4.86. The Kier molecular flexibility index (Phi) is 6.83. The van der Waals surface area contributed by atoms with Gasteiger partial charge in [0.25, 0.3) is 0 Å². The number of primary amides is 1. The van der Waals surface area contributed by atoms with Gasteiger partial charge in [-0.3, -0.25) is 15.1 Å². The summed E-state index contributed by atoms with van der Waals surface area (Å²) in [6, 6.07) is 11.2. The van der Waals surface area contributed by atoms with Crippen molar-refractivity contribution in [3.05, 3.63) is 64.9 Å². The number of benzene rings is 1. The van der Waals surface area contributed by atoms with E-state index in [0.29, 0.717) is 23.9 Å². The predicted octanol–water partition coefficient (Wildman–Crippen LogP) is 2.64. The number of carbonyl (C=O) groups is 1. The Hall–Kier alpha value is -1.95. The third-order valence-corrected chi connectivity index (χ3v) is 5.74. The van der Waals surface area contributed by atoms with Gasteiger partial charge in [-0.05, 0) is 68.6 Å². The molecule has 0 aliphatic carbocycles. The number of nitrogens with two attached hydrogens (primary N) is 1. The second kappa shape index (κ2) is 9.31. The molecule has 1 saturated heterocycles. The minimum atomic E-state index is -1.05. The Morgan fingerprint density at radius 2 is 1.93 bits per heavy atom. The van der Waals surface area contributed by atoms with Gasteiger partial charge in [0.15, 0.2) is 0 Å². The summed E-state index contributed by atoms with van der Waals surface area (Å²) < 4.78 is 0. The van der Waals surface area contributed by atoms with Crippen LogP contribution in [-0.2, 0) is 16.8 Å². The number of amides is 1. The Bertz CT molecular complexity index is 749. The zero-order valence-corrected chi connectivity index (χ0v) is 16.2. The molecule has 6 heteroatoms. The zero-order valence-electron chi connectivity index (χ0n) is 15.5. The van der Waals surface area contributed by atoms with E-state index in [0.717, 1.165) is 30.6 Å². The highest BCUT2D eigenvalue weighted by Gasteiger charge is 2.40. The maximum absolute atomic E-state index is 12.7. The third-order valence-electron chi connectivity index (χ3n) is 5.41. The van der Waals surface area contributed by atoms with E-state index in [1.54, 1.807) is 18.5 Å². The van der Waals surface area contributed by atoms with Gasteiger partial charge in [0.05, 0.1) is 0 Å². The average molecular weight is 387 g/mol. The summed E-state index contributed by atoms with van der Waals surface area (Å²) in [4.78, 5) is 16.8. The summed E-state index contributed by atoms with van der Waals surface area (Å²) in [7, 11) is 0. The highest BCUT2D eigenvalue weighted by molar-refractivity contribution is 6.31. The molecule has 5 nitrogen and oxygen atoms in total. The highest BCUT2D eigenvalue weighted by atomic mass is 35.5. The normalized spacial score (nSPS) is 17.4. The van der Waals surface area contributed by atoms with Crippen LogP contribution in [0, 0.1) is 5.92 Å². The molecule has 1 aliphatic heterocycles. The fraction of sp³-hybridized carbons (Fsp3) is 0.429. The fourth-order valence-electron chi connectivity index (χ4n) is 3.83. The van der Waals surface area contributed by atoms with Crippen molar-refractivity contribution in [2.24, 2.45) is 11.7 Å². The number of pyridine rings is 1. The second-order valence-corrected chi connectivity index (χ2v) is 7.60. The van der Waals surface area contributed by atoms with Gasteiger partial charge < -0.3 is 11.1 Å². The maximum Gasteiger partial charge on any atom is 0.242 e. The minimum absolute atomic E-state index is 0.419. The van der Waals surface area contributed by atoms with E-state index in [1.807, 2.05) is 30.3 Å². The predicted molar refractivity (Wildman–Crippen MR) is 108 cm³/mol. The van der Waals surface area contributed by atoms with E-state index in [-0.39, 0.29) is 0 Å². The molecule has 2 heterocycles. The molecule has 1 unspecified atom stereocenters. The van der Waals surface area contributed by atoms with Gasteiger partial charge in [-0.25, -0.2) is 0 Å². The molecule has 4 N–H and O–H groups in total. The standard InChI is InChI=1S/C21H27ClN4O/c22-19-4-2-1-3-18(19)21(20(23)27,15-17-7-12-25-13-8-17)26-14-9-16-5-10-24-11-6-16/h1-4,7-8,12-13,16,24,26H,5-6,9-11,14-15H2,(H2,23,27). The van der Waals surface area contributed by atoms with Crippen LogP contribution in [0.15, 0.2) is 48.8 Å². The van der Waals surface area contributed by atoms with Crippen molar-refractivity contribution in [1.29, 1.82) is 0 Å². The van der Waals surface area contributed by atoms with Gasteiger partial charge in [0.1, 0.15) is 5.54 Å². The molecule has 27 heavy (non-hydrogen) atoms. The quantitative estimate of drug-likeness (QED) is 0.651. The van der Waals surface area contributed by atoms with E-state index in [4.69, 9.17) is 17.3 Å². The summed E-state index contributed by atoms with van der Waals surface area (Å²) in [5.74, 6) is 0.245. The van der Waals surface area contributed by atoms with Gasteiger partial charge in [-0.1, -0.05) is 29.8 Å². The number of rotatable bonds is 8. The fourth-order valence-corrected chi connectivity index (χ4v) is 4.13. The van der Waals surface area contributed by atoms with E-state index in [2.05, 4.69) is 15.6 Å². The number of halogens is 1. The van der Waals surface area contributed by atoms with E-state index in [9.17, 15) is 4.79 Å². The van der Waals surface area contributed by atoms with Gasteiger partial charge in [-0.2, -0.15) is 0 Å². The van der Waals surface area contributed by atoms with Crippen molar-refractivity contribution in [2.75, 3.05) is 19.6 Å². The molecule has 1 atom stereocenters. The Morgan fingerprint density at radius 3 is 2.59 bits per heavy atom. The van der Waals surface area contributed by atoms with Gasteiger partial charge in [-0.15, -0.1) is 0 Å². The first-order valence-corrected chi connectivity index (χ1v) is 9.89. The minimum Gasteiger partial charge on any atom is -0.368 e. The molecule has 3 rings (SSSR count). The Balaban J connectivity index is 1.86. The summed E-state index contributed by atoms with van der Waals surface area (Å²) in [5, 5.41) is 7.41. The van der Waals surface area contributed by atoms with Crippen LogP contribution in [0.5, 0.6) is 0 Å². The van der Waals surface area contributed by atoms with Crippen molar-refractivity contribution in [1.82, 2.24) is 15.6 Å². The first-order chi connectivity index (χ1) is 13.1. The summed E-state index contributed by atoms with van der Waals surface area (Å²) >= 11 is 6.48. The average Bonchev–Trinajstić information content (AvgIpc) is 2.69. The number of hydrogen-bond acceptors (Lipinski definition) is 4. The van der Waals surface area contributed by atoms with Crippen LogP contribution in [0.2, 0.25) is 5.02 Å². The summed E-state index contributed by atoms with van der Waals surface area (Å²) in [6.07, 6.45) is 7.23. The summed E-state index contributed by atoms with van der Waals surface area (Å²) in [6.45, 7) is 2.84. The number of nitrogens with one attached hydrogen (secondary N) is 2. The molecule has 0 radical (unpaired) electrons. The van der Waals surface area contributed by atoms with Gasteiger partial charge in [0.2, 0.25) is 5.91 Å². The Morgan fingerprint density at radius 1 is 1.22 bits per heavy atom. The monoisotopic (exact) mass is 386 g/mol. The van der Waals surface area contributed by atoms with Crippen molar-refractivity contribution in [2.45, 2.75) is 31.2 Å². The molecular formula is C21H27ClN4O. The summed E-state index contributed by atoms with van der Waals surface area (Å²) in [5.41, 5.74) is 6.61. The molecule has 144 valence electrons. The smallest absolute Gasteiger partial charge is 0.242 e. The highest BCUT2D eigenvalue weighted by Crippen LogP contribution is 2.32. The van der Waals surface area contributed by atoms with Crippen LogP contribution in [0.4, 0.5) is 0 Å². The maximum atomic E-state index is 12.7. The van der Waals surface area contributed by atoms with Crippen molar-refractivity contribution >= 4 is 17.5 Å². The van der Waals surface area contributed by atoms with Crippen LogP contribution in [0.3, 0.4) is 0 Å². The molecule has 0 spiro atoms. The molecule has 1 aromatic heterocycles. The first kappa shape index (κ1) is 19.8. The van der Waals surface area contributed by atoms with E-state index < -0.39 is 11.4 Å². The van der Waals surface area contributed by atoms with Crippen LogP contribution in [-0.4, -0.2) is 30.5 Å². The van der Waals surface area contributed by atoms with Gasteiger partial charge >= 0.3 is 0 Å². The molecule has 2 aromatic rings. The van der Waals surface area contributed by atoms with Crippen molar-refractivity contribution in [3.8, 4) is 0 Å². The lowest BCUT2D eigenvalue weighted by atomic mass is 9.82. The molecule has 1 fully saturated rings. The van der Waals surface area contributed by atoms with Crippen molar-refractivity contribution in [3.63, 3.8) is 0 Å². The first-order valence-electron chi connectivity index (χ1n) is 9.51. The van der Waals surface area contributed by atoms with Crippen LogP contribution in [0.25, 0.3) is 0 Å². The molecule has 1 aliphatic rings. The van der Waals surface area contributed by atoms with Crippen LogP contribution in [0.1, 0.15) is 30.4 Å². The van der Waals surface area contributed by atoms with Gasteiger partial charge in [0, 0.05) is 29.4 Å². The van der Waals surface area contributed by atoms with E-state index in [1.165, 1.54) is 12.8 Å². The number of nitrogens with zero attached hydrogens (tertiary/aromatic N) is 1. The zero-order chi connectivity index (χ0) is 19.1. The Labute approximate surface area is 165 Å². The topological polar surface area (TPSA) is 80.0 Å². The lowest BCUT2D eigenvalue weighted by Crippen LogP contribution is -2.55. The molecule has 0 bridgehead atoms. The molecular weight excluding hydrogens is 360 g/mol. The van der Waals surface area contributed by atoms with Crippen LogP contribution < -0.4 is 16.4 Å². The molecule has 0 saturated carbocycles. The lowest BCUT2D eigenvalue weighted by molar-refractivity contribution is -0.124. The number of aromatic nitrogens is 1. The van der Waals surface area contributed by atoms with E-state index >= 15 is 0 Å².